The number of ether oxygens (including phenoxy) is 2. The molecule has 0 bridgehead atoms. The van der Waals surface area contributed by atoms with Crippen LogP contribution in [0.3, 0.4) is 0 Å². The minimum Gasteiger partial charge on any atom is -0.497 e. The number of hydrogen-bond acceptors (Lipinski definition) is 5. The molecule has 0 saturated heterocycles. The first-order chi connectivity index (χ1) is 8.99. The Morgan fingerprint density at radius 3 is 2.58 bits per heavy atom. The standard InChI is InChI=1S/C12H16N2O5/c1-18-6-10(12(16)17)14-11(15)8-4-3-7(19-2)5-9(8)13/h3-5,10H,6,13H2,1-2H3,(H,14,15)(H,16,17). The van der Waals surface area contributed by atoms with Gasteiger partial charge >= 0.3 is 5.97 Å². The third kappa shape index (κ3) is 3.85. The molecular weight excluding hydrogens is 252 g/mol. The third-order valence-electron chi connectivity index (χ3n) is 2.44. The van der Waals surface area contributed by atoms with Crippen LogP contribution in [-0.2, 0) is 9.53 Å². The molecule has 0 heterocycles. The molecule has 1 aromatic rings. The highest BCUT2D eigenvalue weighted by molar-refractivity contribution is 6.01. The second kappa shape index (κ2) is 6.60. The molecule has 7 nitrogen and oxygen atoms in total. The average molecular weight is 268 g/mol. The van der Waals surface area contributed by atoms with E-state index in [0.29, 0.717) is 5.75 Å². The largest absolute Gasteiger partial charge is 0.497 e. The molecule has 0 aliphatic carbocycles. The molecule has 0 aliphatic heterocycles. The Kier molecular flexibility index (Phi) is 5.13. The van der Waals surface area contributed by atoms with E-state index in [1.807, 2.05) is 0 Å². The number of amides is 1. The summed E-state index contributed by atoms with van der Waals surface area (Å²) in [6, 6.07) is 3.40. The smallest absolute Gasteiger partial charge is 0.328 e. The summed E-state index contributed by atoms with van der Waals surface area (Å²) in [5.74, 6) is -1.24. The van der Waals surface area contributed by atoms with Gasteiger partial charge in [0.15, 0.2) is 6.04 Å². The molecule has 19 heavy (non-hydrogen) atoms. The van der Waals surface area contributed by atoms with Crippen molar-refractivity contribution in [3.8, 4) is 5.75 Å². The van der Waals surface area contributed by atoms with Crippen LogP contribution in [0, 0.1) is 0 Å². The number of rotatable bonds is 6. The highest BCUT2D eigenvalue weighted by Crippen LogP contribution is 2.19. The number of nitrogens with two attached hydrogens (primary N) is 1. The summed E-state index contributed by atoms with van der Waals surface area (Å²) < 4.78 is 9.68. The van der Waals surface area contributed by atoms with Crippen molar-refractivity contribution >= 4 is 17.6 Å². The van der Waals surface area contributed by atoms with E-state index < -0.39 is 17.9 Å². The number of hydrogen-bond donors (Lipinski definition) is 3. The first kappa shape index (κ1) is 14.8. The Bertz CT molecular complexity index is 475. The van der Waals surface area contributed by atoms with E-state index in [2.05, 4.69) is 5.32 Å². The lowest BCUT2D eigenvalue weighted by atomic mass is 10.1. The zero-order chi connectivity index (χ0) is 14.4. The summed E-state index contributed by atoms with van der Waals surface area (Å²) in [5, 5.41) is 11.2. The van der Waals surface area contributed by atoms with E-state index in [1.165, 1.54) is 26.4 Å². The number of anilines is 1. The Hall–Kier alpha value is -2.28. The molecule has 0 spiro atoms. The number of benzene rings is 1. The molecule has 0 aromatic heterocycles. The van der Waals surface area contributed by atoms with Gasteiger partial charge in [-0.2, -0.15) is 0 Å². The number of methoxy groups -OCH3 is 2. The molecule has 0 fully saturated rings. The summed E-state index contributed by atoms with van der Waals surface area (Å²) in [6.45, 7) is -0.128. The minimum absolute atomic E-state index is 0.128. The van der Waals surface area contributed by atoms with Crippen LogP contribution in [0.15, 0.2) is 18.2 Å². The van der Waals surface area contributed by atoms with E-state index >= 15 is 0 Å². The fraction of sp³-hybridized carbons (Fsp3) is 0.333. The van der Waals surface area contributed by atoms with Gasteiger partial charge in [-0.25, -0.2) is 4.79 Å². The minimum atomic E-state index is -1.18. The van der Waals surface area contributed by atoms with Gasteiger partial charge in [0.25, 0.3) is 5.91 Å². The Balaban J connectivity index is 2.85. The maximum absolute atomic E-state index is 11.9. The summed E-state index contributed by atoms with van der Waals surface area (Å²) in [5.41, 5.74) is 6.09. The molecule has 0 saturated carbocycles. The zero-order valence-electron chi connectivity index (χ0n) is 10.7. The highest BCUT2D eigenvalue weighted by atomic mass is 16.5. The van der Waals surface area contributed by atoms with Crippen LogP contribution >= 0.6 is 0 Å². The monoisotopic (exact) mass is 268 g/mol. The number of carbonyl (C=O) groups excluding carboxylic acids is 1. The Morgan fingerprint density at radius 2 is 2.11 bits per heavy atom. The third-order valence-corrected chi connectivity index (χ3v) is 2.44. The maximum Gasteiger partial charge on any atom is 0.328 e. The molecule has 0 aliphatic rings. The van der Waals surface area contributed by atoms with Crippen molar-refractivity contribution in [3.63, 3.8) is 0 Å². The molecular formula is C12H16N2O5. The second-order valence-electron chi connectivity index (χ2n) is 3.77. The lowest BCUT2D eigenvalue weighted by Gasteiger charge is -2.14. The van der Waals surface area contributed by atoms with Crippen molar-refractivity contribution in [2.75, 3.05) is 26.6 Å². The number of carboxylic acid groups (broad SMARTS) is 1. The topological polar surface area (TPSA) is 111 Å². The number of nitrogen functional groups attached to an aromatic ring is 1. The van der Waals surface area contributed by atoms with Gasteiger partial charge in [0.1, 0.15) is 5.75 Å². The summed E-state index contributed by atoms with van der Waals surface area (Å²) in [7, 11) is 2.83. The van der Waals surface area contributed by atoms with E-state index in [-0.39, 0.29) is 17.9 Å². The van der Waals surface area contributed by atoms with Crippen LogP contribution in [0.1, 0.15) is 10.4 Å². The molecule has 1 unspecified atom stereocenters. The fourth-order valence-corrected chi connectivity index (χ4v) is 1.45. The van der Waals surface area contributed by atoms with Crippen LogP contribution in [0.4, 0.5) is 5.69 Å². The normalized spacial score (nSPS) is 11.7. The lowest BCUT2D eigenvalue weighted by molar-refractivity contribution is -0.140. The SMILES string of the molecule is COCC(NC(=O)c1ccc(OC)cc1N)C(=O)O. The van der Waals surface area contributed by atoms with Gasteiger partial charge in [-0.15, -0.1) is 0 Å². The molecule has 4 N–H and O–H groups in total. The number of carboxylic acids is 1. The van der Waals surface area contributed by atoms with Gasteiger partial charge in [-0.1, -0.05) is 0 Å². The fourth-order valence-electron chi connectivity index (χ4n) is 1.45. The van der Waals surface area contributed by atoms with Crippen LogP contribution in [0.5, 0.6) is 5.75 Å². The van der Waals surface area contributed by atoms with Gasteiger partial charge in [0.2, 0.25) is 0 Å². The van der Waals surface area contributed by atoms with Crippen molar-refractivity contribution in [2.24, 2.45) is 0 Å². The van der Waals surface area contributed by atoms with Gasteiger partial charge < -0.3 is 25.6 Å². The average Bonchev–Trinajstić information content (AvgIpc) is 2.37. The molecule has 1 aromatic carbocycles. The Morgan fingerprint density at radius 1 is 1.42 bits per heavy atom. The van der Waals surface area contributed by atoms with E-state index in [0.717, 1.165) is 0 Å². The number of aliphatic carboxylic acids is 1. The summed E-state index contributed by atoms with van der Waals surface area (Å²) in [4.78, 5) is 22.8. The summed E-state index contributed by atoms with van der Waals surface area (Å²) >= 11 is 0. The predicted molar refractivity (Wildman–Crippen MR) is 68.2 cm³/mol. The second-order valence-corrected chi connectivity index (χ2v) is 3.77. The van der Waals surface area contributed by atoms with Crippen LogP contribution in [-0.4, -0.2) is 43.9 Å². The van der Waals surface area contributed by atoms with E-state index in [1.54, 1.807) is 6.07 Å². The van der Waals surface area contributed by atoms with E-state index in [4.69, 9.17) is 20.3 Å². The molecule has 1 atom stereocenters. The molecule has 1 amide bonds. The summed E-state index contributed by atoms with van der Waals surface area (Å²) in [6.07, 6.45) is 0. The van der Waals surface area contributed by atoms with Crippen molar-refractivity contribution in [1.82, 2.24) is 5.32 Å². The maximum atomic E-state index is 11.9. The number of carbonyl (C=O) groups is 2. The predicted octanol–water partition coefficient (Wildman–Crippen LogP) is 0.107. The van der Waals surface area contributed by atoms with Gasteiger partial charge in [-0.3, -0.25) is 4.79 Å². The number of nitrogens with one attached hydrogen (secondary N) is 1. The first-order valence-corrected chi connectivity index (χ1v) is 5.45. The Labute approximate surface area is 110 Å². The van der Waals surface area contributed by atoms with Gasteiger partial charge in [-0.05, 0) is 12.1 Å². The lowest BCUT2D eigenvalue weighted by Crippen LogP contribution is -2.44. The van der Waals surface area contributed by atoms with Crippen molar-refractivity contribution in [1.29, 1.82) is 0 Å². The van der Waals surface area contributed by atoms with Crippen molar-refractivity contribution in [2.45, 2.75) is 6.04 Å². The van der Waals surface area contributed by atoms with Gasteiger partial charge in [0.05, 0.1) is 19.3 Å². The van der Waals surface area contributed by atoms with Crippen molar-refractivity contribution < 1.29 is 24.2 Å². The zero-order valence-corrected chi connectivity index (χ0v) is 10.7. The first-order valence-electron chi connectivity index (χ1n) is 5.45. The van der Waals surface area contributed by atoms with Crippen LogP contribution < -0.4 is 15.8 Å². The molecule has 104 valence electrons. The van der Waals surface area contributed by atoms with Gasteiger partial charge in [0, 0.05) is 18.9 Å². The van der Waals surface area contributed by atoms with Crippen LogP contribution in [0.25, 0.3) is 0 Å². The highest BCUT2D eigenvalue weighted by Gasteiger charge is 2.21. The molecule has 7 heteroatoms. The van der Waals surface area contributed by atoms with Crippen molar-refractivity contribution in [3.05, 3.63) is 23.8 Å². The quantitative estimate of drug-likeness (QED) is 0.631. The molecule has 1 rings (SSSR count). The van der Waals surface area contributed by atoms with Crippen LogP contribution in [0.2, 0.25) is 0 Å². The van der Waals surface area contributed by atoms with E-state index in [9.17, 15) is 9.59 Å². The molecule has 0 radical (unpaired) electrons.